The molecule has 0 bridgehead atoms. The van der Waals surface area contributed by atoms with Crippen LogP contribution in [0.15, 0.2) is 0 Å². The fraction of sp³-hybridized carbons (Fsp3) is 0.818. The van der Waals surface area contributed by atoms with Crippen LogP contribution < -0.4 is 0 Å². The van der Waals surface area contributed by atoms with Gasteiger partial charge in [0.1, 0.15) is 24.9 Å². The van der Waals surface area contributed by atoms with Gasteiger partial charge in [-0.3, -0.25) is 9.59 Å². The number of methoxy groups -OCH3 is 1. The fourth-order valence-corrected chi connectivity index (χ4v) is 1.77. The molecule has 2 N–H and O–H groups in total. The van der Waals surface area contributed by atoms with Gasteiger partial charge in [0.25, 0.3) is 0 Å². The Bertz CT molecular complexity index is 331. The molecule has 1 aliphatic heterocycles. The highest BCUT2D eigenvalue weighted by Crippen LogP contribution is 2.24. The molecule has 1 saturated heterocycles. The van der Waals surface area contributed by atoms with E-state index in [1.807, 2.05) is 0 Å². The van der Waals surface area contributed by atoms with Gasteiger partial charge in [-0.25, -0.2) is 0 Å². The number of ether oxygens (including phenoxy) is 4. The number of hydrogen-bond acceptors (Lipinski definition) is 8. The molecule has 8 heteroatoms. The fourth-order valence-electron chi connectivity index (χ4n) is 1.77. The number of aliphatic hydroxyl groups excluding tert-OH is 2. The quantitative estimate of drug-likeness (QED) is 0.602. The average Bonchev–Trinajstić information content (AvgIpc) is 2.33. The molecule has 0 radical (unpaired) electrons. The van der Waals surface area contributed by atoms with Gasteiger partial charge in [-0.1, -0.05) is 0 Å². The van der Waals surface area contributed by atoms with Crippen LogP contribution in [0.5, 0.6) is 0 Å². The van der Waals surface area contributed by atoms with Crippen molar-refractivity contribution in [3.63, 3.8) is 0 Å². The molecule has 1 fully saturated rings. The summed E-state index contributed by atoms with van der Waals surface area (Å²) in [5.41, 5.74) is 0. The summed E-state index contributed by atoms with van der Waals surface area (Å²) >= 11 is 0. The third kappa shape index (κ3) is 4.13. The van der Waals surface area contributed by atoms with E-state index in [-0.39, 0.29) is 6.61 Å². The maximum atomic E-state index is 11.0. The van der Waals surface area contributed by atoms with E-state index in [0.29, 0.717) is 0 Å². The van der Waals surface area contributed by atoms with Gasteiger partial charge in [-0.05, 0) is 0 Å². The van der Waals surface area contributed by atoms with E-state index >= 15 is 0 Å². The monoisotopic (exact) mass is 278 g/mol. The van der Waals surface area contributed by atoms with Crippen LogP contribution >= 0.6 is 0 Å². The van der Waals surface area contributed by atoms with E-state index in [0.717, 1.165) is 6.92 Å². The molecule has 1 heterocycles. The molecule has 19 heavy (non-hydrogen) atoms. The third-order valence-corrected chi connectivity index (χ3v) is 2.63. The van der Waals surface area contributed by atoms with Gasteiger partial charge in [0.15, 0.2) is 12.4 Å². The lowest BCUT2D eigenvalue weighted by atomic mass is 9.99. The van der Waals surface area contributed by atoms with Crippen LogP contribution in [0.1, 0.15) is 13.8 Å². The highest BCUT2D eigenvalue weighted by molar-refractivity contribution is 5.66. The number of aliphatic hydroxyl groups is 2. The largest absolute Gasteiger partial charge is 0.463 e. The Labute approximate surface area is 110 Å². The van der Waals surface area contributed by atoms with Gasteiger partial charge < -0.3 is 29.2 Å². The second-order valence-electron chi connectivity index (χ2n) is 4.14. The van der Waals surface area contributed by atoms with Crippen molar-refractivity contribution in [2.24, 2.45) is 0 Å². The van der Waals surface area contributed by atoms with Crippen LogP contribution in [-0.4, -0.2) is 66.6 Å². The van der Waals surface area contributed by atoms with Crippen LogP contribution in [0, 0.1) is 0 Å². The van der Waals surface area contributed by atoms with Crippen LogP contribution in [0.4, 0.5) is 0 Å². The first-order valence-electron chi connectivity index (χ1n) is 5.71. The Balaban J connectivity index is 2.77. The molecule has 0 aromatic carbocycles. The van der Waals surface area contributed by atoms with Gasteiger partial charge >= 0.3 is 11.9 Å². The zero-order chi connectivity index (χ0) is 14.6. The van der Waals surface area contributed by atoms with Crippen LogP contribution in [-0.2, 0) is 28.5 Å². The van der Waals surface area contributed by atoms with E-state index < -0.39 is 42.6 Å². The Hall–Kier alpha value is -1.22. The third-order valence-electron chi connectivity index (χ3n) is 2.63. The van der Waals surface area contributed by atoms with E-state index in [2.05, 4.69) is 0 Å². The molecule has 1 aliphatic rings. The summed E-state index contributed by atoms with van der Waals surface area (Å²) in [5, 5.41) is 19.8. The Kier molecular flexibility index (Phi) is 5.67. The minimum absolute atomic E-state index is 0.235. The number of esters is 2. The summed E-state index contributed by atoms with van der Waals surface area (Å²) in [5.74, 6) is -1.20. The Morgan fingerprint density at radius 2 is 1.79 bits per heavy atom. The minimum Gasteiger partial charge on any atom is -0.463 e. The van der Waals surface area contributed by atoms with Crippen LogP contribution in [0.25, 0.3) is 0 Å². The number of carbonyl (C=O) groups is 2. The first-order valence-corrected chi connectivity index (χ1v) is 5.71. The number of hydrogen-bond donors (Lipinski definition) is 2. The van der Waals surface area contributed by atoms with E-state index in [1.54, 1.807) is 0 Å². The van der Waals surface area contributed by atoms with Gasteiger partial charge in [0.2, 0.25) is 0 Å². The number of rotatable bonds is 4. The Morgan fingerprint density at radius 3 is 2.26 bits per heavy atom. The standard InChI is InChI=1S/C11H18O8/c1-5(12)17-4-7-8(14)10(18-6(2)13)9(15)11(16-3)19-7/h7-11,14-15H,4H2,1-3H3/t7-,8-,9-,10+,11-/m1/s1. The second kappa shape index (κ2) is 6.80. The topological polar surface area (TPSA) is 112 Å². The van der Waals surface area contributed by atoms with Crippen molar-refractivity contribution >= 4 is 11.9 Å². The molecule has 5 atom stereocenters. The molecule has 1 rings (SSSR count). The molecule has 0 aromatic rings. The van der Waals surface area contributed by atoms with Crippen molar-refractivity contribution < 1.29 is 38.7 Å². The predicted molar refractivity (Wildman–Crippen MR) is 59.9 cm³/mol. The van der Waals surface area contributed by atoms with E-state index in [1.165, 1.54) is 14.0 Å². The summed E-state index contributed by atoms with van der Waals surface area (Å²) in [6.07, 6.45) is -5.92. The van der Waals surface area contributed by atoms with Gasteiger partial charge in [-0.2, -0.15) is 0 Å². The molecule has 0 aliphatic carbocycles. The first-order chi connectivity index (χ1) is 8.86. The molecule has 0 unspecified atom stereocenters. The zero-order valence-electron chi connectivity index (χ0n) is 10.9. The summed E-state index contributed by atoms with van der Waals surface area (Å²) in [4.78, 5) is 21.7. The SMILES string of the molecule is CO[C@@H]1O[C@H](COC(C)=O)[C@@H](O)[C@H](OC(C)=O)[C@H]1O. The van der Waals surface area contributed by atoms with Crippen molar-refractivity contribution in [2.45, 2.75) is 44.6 Å². The van der Waals surface area contributed by atoms with E-state index in [9.17, 15) is 19.8 Å². The molecular formula is C11H18O8. The molecule has 0 spiro atoms. The molecule has 0 aromatic heterocycles. The van der Waals surface area contributed by atoms with Crippen molar-refractivity contribution in [1.82, 2.24) is 0 Å². The van der Waals surface area contributed by atoms with E-state index in [4.69, 9.17) is 18.9 Å². The molecule has 0 amide bonds. The lowest BCUT2D eigenvalue weighted by Gasteiger charge is -2.40. The lowest BCUT2D eigenvalue weighted by molar-refractivity contribution is -0.297. The highest BCUT2D eigenvalue weighted by atomic mass is 16.7. The molecule has 110 valence electrons. The average molecular weight is 278 g/mol. The lowest BCUT2D eigenvalue weighted by Crippen LogP contribution is -2.60. The smallest absolute Gasteiger partial charge is 0.303 e. The summed E-state index contributed by atoms with van der Waals surface area (Å²) in [7, 11) is 1.29. The summed E-state index contributed by atoms with van der Waals surface area (Å²) in [6.45, 7) is 2.13. The normalized spacial score (nSPS) is 34.7. The van der Waals surface area contributed by atoms with Crippen LogP contribution in [0.3, 0.4) is 0 Å². The van der Waals surface area contributed by atoms with Crippen LogP contribution in [0.2, 0.25) is 0 Å². The molecule has 0 saturated carbocycles. The maximum absolute atomic E-state index is 11.0. The minimum atomic E-state index is -1.34. The van der Waals surface area contributed by atoms with Gasteiger partial charge in [-0.15, -0.1) is 0 Å². The maximum Gasteiger partial charge on any atom is 0.303 e. The highest BCUT2D eigenvalue weighted by Gasteiger charge is 2.47. The second-order valence-corrected chi connectivity index (χ2v) is 4.14. The van der Waals surface area contributed by atoms with Crippen molar-refractivity contribution in [3.8, 4) is 0 Å². The van der Waals surface area contributed by atoms with Gasteiger partial charge in [0, 0.05) is 21.0 Å². The summed E-state index contributed by atoms with van der Waals surface area (Å²) < 4.78 is 19.7. The zero-order valence-corrected chi connectivity index (χ0v) is 10.9. The Morgan fingerprint density at radius 1 is 1.16 bits per heavy atom. The first kappa shape index (κ1) is 15.8. The number of carbonyl (C=O) groups excluding carboxylic acids is 2. The van der Waals surface area contributed by atoms with Crippen molar-refractivity contribution in [1.29, 1.82) is 0 Å². The predicted octanol–water partition coefficient (Wildman–Crippen LogP) is -1.43. The molecule has 8 nitrogen and oxygen atoms in total. The summed E-state index contributed by atoms with van der Waals surface area (Å²) in [6, 6.07) is 0. The molecular weight excluding hydrogens is 260 g/mol. The van der Waals surface area contributed by atoms with Crippen molar-refractivity contribution in [2.75, 3.05) is 13.7 Å². The van der Waals surface area contributed by atoms with Crippen molar-refractivity contribution in [3.05, 3.63) is 0 Å². The van der Waals surface area contributed by atoms with Gasteiger partial charge in [0.05, 0.1) is 0 Å².